The molecule has 0 spiro atoms. The molecule has 1 amide bonds. The summed E-state index contributed by atoms with van der Waals surface area (Å²) in [5.41, 5.74) is 7.14. The Bertz CT molecular complexity index is 635. The van der Waals surface area contributed by atoms with E-state index in [1.54, 1.807) is 6.07 Å². The quantitative estimate of drug-likeness (QED) is 0.820. The van der Waals surface area contributed by atoms with E-state index in [2.05, 4.69) is 10.3 Å². The van der Waals surface area contributed by atoms with Crippen LogP contribution < -0.4 is 11.1 Å². The summed E-state index contributed by atoms with van der Waals surface area (Å²) in [5.74, 6) is 1.22. The van der Waals surface area contributed by atoms with Crippen molar-refractivity contribution in [2.45, 2.75) is 25.7 Å². The van der Waals surface area contributed by atoms with Crippen molar-refractivity contribution >= 4 is 22.6 Å². The Hall–Kier alpha value is -2.10. The number of hydrogen-bond acceptors (Lipinski definition) is 3. The number of amides is 1. The molecule has 0 saturated heterocycles. The molecule has 104 valence electrons. The summed E-state index contributed by atoms with van der Waals surface area (Å²) in [7, 11) is 0. The average Bonchev–Trinajstić information content (AvgIpc) is 3.26. The van der Waals surface area contributed by atoms with Crippen LogP contribution in [0.15, 0.2) is 30.3 Å². The molecule has 1 aromatic heterocycles. The minimum Gasteiger partial charge on any atom is -0.384 e. The first-order valence-corrected chi connectivity index (χ1v) is 7.17. The zero-order valence-corrected chi connectivity index (χ0v) is 11.4. The fourth-order valence-electron chi connectivity index (χ4n) is 2.48. The van der Waals surface area contributed by atoms with Gasteiger partial charge in [0, 0.05) is 11.9 Å². The number of pyridine rings is 1. The number of nitrogen functional groups attached to an aromatic ring is 1. The lowest BCUT2D eigenvalue weighted by atomic mass is 10.1. The van der Waals surface area contributed by atoms with Gasteiger partial charge in [0.25, 0.3) is 5.91 Å². The standard InChI is InChI=1S/C16H19N3O/c17-15-10-13(12-5-1-2-6-14(12)19-15)16(20)18-9-3-4-11-7-8-11/h1-2,5-6,10-11H,3-4,7-9H2,(H2,17,19)(H,18,20). The number of fused-ring (bicyclic) bond motifs is 1. The van der Waals surface area contributed by atoms with Gasteiger partial charge in [-0.3, -0.25) is 4.79 Å². The van der Waals surface area contributed by atoms with E-state index in [9.17, 15) is 4.79 Å². The highest BCUT2D eigenvalue weighted by molar-refractivity contribution is 6.06. The average molecular weight is 269 g/mol. The first-order valence-electron chi connectivity index (χ1n) is 7.17. The molecular weight excluding hydrogens is 250 g/mol. The van der Waals surface area contributed by atoms with Crippen LogP contribution >= 0.6 is 0 Å². The van der Waals surface area contributed by atoms with Crippen molar-refractivity contribution in [1.82, 2.24) is 10.3 Å². The summed E-state index contributed by atoms with van der Waals surface area (Å²) in [6.07, 6.45) is 4.99. The number of nitrogens with two attached hydrogens (primary N) is 1. The molecule has 1 fully saturated rings. The molecular formula is C16H19N3O. The smallest absolute Gasteiger partial charge is 0.252 e. The van der Waals surface area contributed by atoms with Crippen molar-refractivity contribution in [3.8, 4) is 0 Å². The number of anilines is 1. The first-order chi connectivity index (χ1) is 9.74. The minimum atomic E-state index is -0.0638. The molecule has 0 unspecified atom stereocenters. The summed E-state index contributed by atoms with van der Waals surface area (Å²) in [4.78, 5) is 16.5. The van der Waals surface area contributed by atoms with E-state index >= 15 is 0 Å². The highest BCUT2D eigenvalue weighted by atomic mass is 16.1. The van der Waals surface area contributed by atoms with Crippen LogP contribution in [0.4, 0.5) is 5.82 Å². The van der Waals surface area contributed by atoms with Crippen molar-refractivity contribution in [2.24, 2.45) is 5.92 Å². The Morgan fingerprint density at radius 1 is 1.35 bits per heavy atom. The zero-order chi connectivity index (χ0) is 13.9. The zero-order valence-electron chi connectivity index (χ0n) is 11.4. The molecule has 3 rings (SSSR count). The summed E-state index contributed by atoms with van der Waals surface area (Å²) >= 11 is 0. The number of carbonyl (C=O) groups excluding carboxylic acids is 1. The Morgan fingerprint density at radius 3 is 2.95 bits per heavy atom. The number of nitrogens with one attached hydrogen (secondary N) is 1. The monoisotopic (exact) mass is 269 g/mol. The molecule has 1 aliphatic rings. The van der Waals surface area contributed by atoms with Gasteiger partial charge >= 0.3 is 0 Å². The van der Waals surface area contributed by atoms with Crippen LogP contribution in [0, 0.1) is 5.92 Å². The highest BCUT2D eigenvalue weighted by Crippen LogP contribution is 2.33. The maximum atomic E-state index is 12.3. The molecule has 0 bridgehead atoms. The van der Waals surface area contributed by atoms with E-state index in [-0.39, 0.29) is 5.91 Å². The van der Waals surface area contributed by atoms with Gasteiger partial charge < -0.3 is 11.1 Å². The first kappa shape index (κ1) is 12.9. The summed E-state index contributed by atoms with van der Waals surface area (Å²) in [5, 5.41) is 3.83. The minimum absolute atomic E-state index is 0.0638. The van der Waals surface area contributed by atoms with E-state index in [0.717, 1.165) is 29.8 Å². The van der Waals surface area contributed by atoms with E-state index in [4.69, 9.17) is 5.73 Å². The molecule has 0 atom stereocenters. The molecule has 3 N–H and O–H groups in total. The third kappa shape index (κ3) is 2.90. The van der Waals surface area contributed by atoms with E-state index in [1.807, 2.05) is 24.3 Å². The van der Waals surface area contributed by atoms with Gasteiger partial charge in [-0.15, -0.1) is 0 Å². The molecule has 1 saturated carbocycles. The number of carbonyl (C=O) groups is 1. The number of nitrogens with zero attached hydrogens (tertiary/aromatic N) is 1. The molecule has 20 heavy (non-hydrogen) atoms. The maximum absolute atomic E-state index is 12.3. The molecule has 1 aliphatic carbocycles. The molecule has 0 radical (unpaired) electrons. The van der Waals surface area contributed by atoms with Gasteiger partial charge in [0.05, 0.1) is 11.1 Å². The Morgan fingerprint density at radius 2 is 2.15 bits per heavy atom. The molecule has 1 heterocycles. The van der Waals surface area contributed by atoms with Gasteiger partial charge in [0.1, 0.15) is 5.82 Å². The predicted octanol–water partition coefficient (Wildman–Crippen LogP) is 2.74. The van der Waals surface area contributed by atoms with Crippen LogP contribution in [0.2, 0.25) is 0 Å². The Kier molecular flexibility index (Phi) is 3.54. The third-order valence-electron chi connectivity index (χ3n) is 3.75. The Balaban J connectivity index is 1.72. The second-order valence-corrected chi connectivity index (χ2v) is 5.45. The summed E-state index contributed by atoms with van der Waals surface area (Å²) in [6, 6.07) is 9.23. The van der Waals surface area contributed by atoms with Gasteiger partial charge in [0.15, 0.2) is 0 Å². The molecule has 2 aromatic rings. The van der Waals surface area contributed by atoms with Gasteiger partial charge in [-0.05, 0) is 30.9 Å². The van der Waals surface area contributed by atoms with Gasteiger partial charge in [-0.1, -0.05) is 31.0 Å². The van der Waals surface area contributed by atoms with Crippen molar-refractivity contribution < 1.29 is 4.79 Å². The lowest BCUT2D eigenvalue weighted by Crippen LogP contribution is -2.25. The number of para-hydroxylation sites is 1. The van der Waals surface area contributed by atoms with Crippen molar-refractivity contribution in [3.63, 3.8) is 0 Å². The summed E-state index contributed by atoms with van der Waals surface area (Å²) in [6.45, 7) is 0.728. The fraction of sp³-hybridized carbons (Fsp3) is 0.375. The van der Waals surface area contributed by atoms with Gasteiger partial charge in [0.2, 0.25) is 0 Å². The lowest BCUT2D eigenvalue weighted by Gasteiger charge is -2.08. The maximum Gasteiger partial charge on any atom is 0.252 e. The third-order valence-corrected chi connectivity index (χ3v) is 3.75. The van der Waals surface area contributed by atoms with Crippen LogP contribution in [0.1, 0.15) is 36.0 Å². The van der Waals surface area contributed by atoms with Crippen LogP contribution in [0.25, 0.3) is 10.9 Å². The van der Waals surface area contributed by atoms with E-state index in [0.29, 0.717) is 11.4 Å². The number of rotatable bonds is 5. The van der Waals surface area contributed by atoms with E-state index < -0.39 is 0 Å². The topological polar surface area (TPSA) is 68.0 Å². The normalized spacial score (nSPS) is 14.4. The van der Waals surface area contributed by atoms with Crippen molar-refractivity contribution in [3.05, 3.63) is 35.9 Å². The van der Waals surface area contributed by atoms with Crippen LogP contribution in [0.5, 0.6) is 0 Å². The highest BCUT2D eigenvalue weighted by Gasteiger charge is 2.20. The largest absolute Gasteiger partial charge is 0.384 e. The Labute approximate surface area is 118 Å². The van der Waals surface area contributed by atoms with Crippen molar-refractivity contribution in [1.29, 1.82) is 0 Å². The van der Waals surface area contributed by atoms with Crippen LogP contribution in [-0.2, 0) is 0 Å². The number of benzene rings is 1. The SMILES string of the molecule is Nc1cc(C(=O)NCCCC2CC2)c2ccccc2n1. The second kappa shape index (κ2) is 5.49. The fourth-order valence-corrected chi connectivity index (χ4v) is 2.48. The van der Waals surface area contributed by atoms with Gasteiger partial charge in [-0.2, -0.15) is 0 Å². The number of aromatic nitrogens is 1. The van der Waals surface area contributed by atoms with E-state index in [1.165, 1.54) is 19.3 Å². The van der Waals surface area contributed by atoms with Gasteiger partial charge in [-0.25, -0.2) is 4.98 Å². The molecule has 4 heteroatoms. The van der Waals surface area contributed by atoms with Crippen molar-refractivity contribution in [2.75, 3.05) is 12.3 Å². The predicted molar refractivity (Wildman–Crippen MR) is 80.4 cm³/mol. The summed E-state index contributed by atoms with van der Waals surface area (Å²) < 4.78 is 0. The molecule has 0 aliphatic heterocycles. The molecule has 1 aromatic carbocycles. The molecule has 4 nitrogen and oxygen atoms in total. The number of hydrogen-bond donors (Lipinski definition) is 2. The van der Waals surface area contributed by atoms with Crippen LogP contribution in [-0.4, -0.2) is 17.4 Å². The van der Waals surface area contributed by atoms with Crippen LogP contribution in [0.3, 0.4) is 0 Å². The second-order valence-electron chi connectivity index (χ2n) is 5.45. The lowest BCUT2D eigenvalue weighted by molar-refractivity contribution is 0.0954.